The number of carbonyl (C=O) groups excluding carboxylic acids is 1. The minimum absolute atomic E-state index is 0.00449. The Kier molecular flexibility index (Phi) is 6.69. The third-order valence-corrected chi connectivity index (χ3v) is 5.81. The van der Waals surface area contributed by atoms with Gasteiger partial charge >= 0.3 is 5.88 Å². The van der Waals surface area contributed by atoms with Crippen LogP contribution < -0.4 is 14.7 Å². The van der Waals surface area contributed by atoms with Crippen LogP contribution in [0.1, 0.15) is 31.0 Å². The number of aromatic nitrogens is 2. The van der Waals surface area contributed by atoms with Crippen LogP contribution in [0.5, 0.6) is 0 Å². The number of benzene rings is 2. The average molecular weight is 462 g/mol. The van der Waals surface area contributed by atoms with Crippen LogP contribution in [0, 0.1) is 6.92 Å². The lowest BCUT2D eigenvalue weighted by atomic mass is 10.1. The summed E-state index contributed by atoms with van der Waals surface area (Å²) in [6, 6.07) is 17.1. The summed E-state index contributed by atoms with van der Waals surface area (Å²) in [4.78, 5) is 23.3. The standard InChI is InChI=1S/C24H23N5O3S/c1-16(2)28-14-22(32-27-28)26-21(30)15-33-24-25-20(13-18-10-8-7-9-17(18)3)23(31)29(24)19-11-5-4-6-12-19/h4-14,16H,15H2,1-3H3/b20-13+. The van der Waals surface area contributed by atoms with Crippen molar-refractivity contribution in [2.24, 2.45) is 9.98 Å². The molecule has 0 atom stereocenters. The Morgan fingerprint density at radius 1 is 1.21 bits per heavy atom. The zero-order valence-electron chi connectivity index (χ0n) is 18.5. The first-order valence-electron chi connectivity index (χ1n) is 10.4. The molecular formula is C24H23N5O3S. The summed E-state index contributed by atoms with van der Waals surface area (Å²) in [6.45, 7) is 5.87. The van der Waals surface area contributed by atoms with Crippen LogP contribution in [0.25, 0.3) is 6.08 Å². The first-order valence-corrected chi connectivity index (χ1v) is 11.4. The Labute approximate surface area is 195 Å². The number of hydrogen-bond acceptors (Lipinski definition) is 7. The molecule has 0 unspecified atom stereocenters. The molecule has 2 aromatic carbocycles. The predicted molar refractivity (Wildman–Crippen MR) is 127 cm³/mol. The first kappa shape index (κ1) is 22.5. The third-order valence-electron chi connectivity index (χ3n) is 4.88. The van der Waals surface area contributed by atoms with Gasteiger partial charge in [0.05, 0.1) is 5.69 Å². The Balaban J connectivity index is 1.59. The van der Waals surface area contributed by atoms with Crippen LogP contribution in [0.4, 0.5) is 11.6 Å². The van der Waals surface area contributed by atoms with Crippen molar-refractivity contribution >= 4 is 46.4 Å². The zero-order chi connectivity index (χ0) is 23.4. The van der Waals surface area contributed by atoms with Crippen LogP contribution >= 0.6 is 11.8 Å². The van der Waals surface area contributed by atoms with Crippen LogP contribution in [-0.4, -0.2) is 28.0 Å². The maximum atomic E-state index is 13.2. The van der Waals surface area contributed by atoms with E-state index in [9.17, 15) is 9.90 Å². The van der Waals surface area contributed by atoms with Gasteiger partial charge in [-0.2, -0.15) is 0 Å². The molecule has 1 amide bonds. The van der Waals surface area contributed by atoms with E-state index in [1.54, 1.807) is 17.0 Å². The molecule has 168 valence electrons. The van der Waals surface area contributed by atoms with Crippen LogP contribution in [0.3, 0.4) is 0 Å². The molecule has 1 aliphatic heterocycles. The van der Waals surface area contributed by atoms with Crippen molar-refractivity contribution in [1.29, 1.82) is 0 Å². The highest BCUT2D eigenvalue weighted by Crippen LogP contribution is 2.29. The van der Waals surface area contributed by atoms with Crippen molar-refractivity contribution in [2.45, 2.75) is 26.8 Å². The summed E-state index contributed by atoms with van der Waals surface area (Å²) < 4.78 is 6.66. The van der Waals surface area contributed by atoms with Gasteiger partial charge in [0.2, 0.25) is 5.27 Å². The normalized spacial score (nSPS) is 15.6. The van der Waals surface area contributed by atoms with Gasteiger partial charge in [0.25, 0.3) is 12.1 Å². The number of aliphatic imine (C=N–C) groups is 2. The summed E-state index contributed by atoms with van der Waals surface area (Å²) in [7, 11) is 0. The van der Waals surface area contributed by atoms with Gasteiger partial charge in [0, 0.05) is 5.75 Å². The van der Waals surface area contributed by atoms with Crippen molar-refractivity contribution in [3.63, 3.8) is 0 Å². The fourth-order valence-corrected chi connectivity index (χ4v) is 3.91. The van der Waals surface area contributed by atoms with Gasteiger partial charge in [-0.1, -0.05) is 54.2 Å². The number of para-hydroxylation sites is 1. The molecule has 4 rings (SSSR count). The molecular weight excluding hydrogens is 438 g/mol. The van der Waals surface area contributed by atoms with E-state index in [0.29, 0.717) is 16.6 Å². The molecule has 0 saturated carbocycles. The van der Waals surface area contributed by atoms with Crippen molar-refractivity contribution in [1.82, 2.24) is 5.27 Å². The van der Waals surface area contributed by atoms with E-state index in [-0.39, 0.29) is 23.6 Å². The molecule has 8 nitrogen and oxygen atoms in total. The Bertz CT molecular complexity index is 1250. The lowest BCUT2D eigenvalue weighted by Crippen LogP contribution is -2.36. The SMILES string of the molecule is Cc1ccccc1/C=C1/N=C(SC/C([O-])=N\c2c[n+](C(C)C)no2)N(c2ccccc2)C1=O. The van der Waals surface area contributed by atoms with Gasteiger partial charge in [0.15, 0.2) is 11.2 Å². The van der Waals surface area contributed by atoms with Crippen LogP contribution in [0.2, 0.25) is 0 Å². The molecule has 2 heterocycles. The van der Waals surface area contributed by atoms with Crippen LogP contribution in [0.15, 0.2) is 81.0 Å². The summed E-state index contributed by atoms with van der Waals surface area (Å²) in [5, 5.41) is 16.7. The van der Waals surface area contributed by atoms with E-state index in [0.717, 1.165) is 22.9 Å². The van der Waals surface area contributed by atoms with E-state index in [1.807, 2.05) is 75.4 Å². The van der Waals surface area contributed by atoms with Crippen molar-refractivity contribution in [3.05, 3.63) is 77.6 Å². The van der Waals surface area contributed by atoms with E-state index in [2.05, 4.69) is 15.3 Å². The molecule has 1 aliphatic rings. The fraction of sp³-hybridized carbons (Fsp3) is 0.208. The molecule has 3 aromatic rings. The second kappa shape index (κ2) is 9.83. The van der Waals surface area contributed by atoms with E-state index < -0.39 is 5.90 Å². The summed E-state index contributed by atoms with van der Waals surface area (Å²) in [6.07, 6.45) is 3.34. The second-order valence-corrected chi connectivity index (χ2v) is 8.61. The Morgan fingerprint density at radius 3 is 2.64 bits per heavy atom. The molecule has 0 N–H and O–H groups in total. The number of nitrogens with zero attached hydrogens (tertiary/aromatic N) is 5. The number of rotatable bonds is 6. The van der Waals surface area contributed by atoms with Crippen molar-refractivity contribution in [2.75, 3.05) is 10.7 Å². The van der Waals surface area contributed by atoms with Gasteiger partial charge in [-0.25, -0.2) is 9.98 Å². The Hall–Kier alpha value is -3.72. The molecule has 0 saturated heterocycles. The number of carbonyl (C=O) groups is 1. The maximum absolute atomic E-state index is 13.2. The van der Waals surface area contributed by atoms with E-state index in [1.165, 1.54) is 4.90 Å². The highest BCUT2D eigenvalue weighted by molar-refractivity contribution is 8.14. The number of thioether (sulfide) groups is 1. The monoisotopic (exact) mass is 461 g/mol. The molecule has 33 heavy (non-hydrogen) atoms. The zero-order valence-corrected chi connectivity index (χ0v) is 19.3. The van der Waals surface area contributed by atoms with Gasteiger partial charge in [-0.3, -0.25) is 14.2 Å². The number of amides is 1. The number of anilines is 1. The van der Waals surface area contributed by atoms with Gasteiger partial charge in [0.1, 0.15) is 5.70 Å². The van der Waals surface area contributed by atoms with Gasteiger partial charge in [-0.05, 0) is 60.7 Å². The molecule has 0 fully saturated rings. The predicted octanol–water partition coefficient (Wildman–Crippen LogP) is 3.42. The molecule has 0 spiro atoms. The van der Waals surface area contributed by atoms with Gasteiger partial charge < -0.3 is 5.11 Å². The molecule has 0 radical (unpaired) electrons. The van der Waals surface area contributed by atoms with Crippen molar-refractivity contribution < 1.29 is 19.1 Å². The minimum Gasteiger partial charge on any atom is -0.861 e. The topological polar surface area (TPSA) is 98.0 Å². The first-order chi connectivity index (χ1) is 15.9. The quantitative estimate of drug-likeness (QED) is 0.242. The van der Waals surface area contributed by atoms with E-state index >= 15 is 0 Å². The third kappa shape index (κ3) is 5.20. The maximum Gasteiger partial charge on any atom is 0.320 e. The molecule has 0 aliphatic carbocycles. The second-order valence-electron chi connectivity index (χ2n) is 7.66. The van der Waals surface area contributed by atoms with E-state index in [4.69, 9.17) is 4.52 Å². The lowest BCUT2D eigenvalue weighted by molar-refractivity contribution is -0.779. The highest BCUT2D eigenvalue weighted by atomic mass is 32.2. The fourth-order valence-electron chi connectivity index (χ4n) is 3.12. The summed E-state index contributed by atoms with van der Waals surface area (Å²) >= 11 is 1.15. The smallest absolute Gasteiger partial charge is 0.320 e. The largest absolute Gasteiger partial charge is 0.861 e. The lowest BCUT2D eigenvalue weighted by Gasteiger charge is -2.18. The Morgan fingerprint density at radius 2 is 1.94 bits per heavy atom. The number of amidine groups is 1. The molecule has 9 heteroatoms. The summed E-state index contributed by atoms with van der Waals surface area (Å²) in [5.41, 5.74) is 2.95. The molecule has 1 aromatic heterocycles. The number of hydrogen-bond donors (Lipinski definition) is 0. The highest BCUT2D eigenvalue weighted by Gasteiger charge is 2.32. The number of aryl methyl sites for hydroxylation is 1. The minimum atomic E-state index is -0.411. The molecule has 0 bridgehead atoms. The van der Waals surface area contributed by atoms with Crippen molar-refractivity contribution in [3.8, 4) is 0 Å². The van der Waals surface area contributed by atoms with Gasteiger partial charge in [-0.15, -0.1) is 0 Å². The summed E-state index contributed by atoms with van der Waals surface area (Å²) in [5.74, 6) is -0.523. The van der Waals surface area contributed by atoms with Crippen LogP contribution in [-0.2, 0) is 4.79 Å². The average Bonchev–Trinajstić information content (AvgIpc) is 3.39.